The van der Waals surface area contributed by atoms with E-state index < -0.39 is 15.6 Å². The molecule has 0 aliphatic rings. The van der Waals surface area contributed by atoms with Gasteiger partial charge in [0.2, 0.25) is 9.84 Å². The lowest BCUT2D eigenvalue weighted by Gasteiger charge is -2.09. The molecule has 0 aliphatic carbocycles. The van der Waals surface area contributed by atoms with E-state index in [0.717, 1.165) is 17.2 Å². The summed E-state index contributed by atoms with van der Waals surface area (Å²) in [4.78, 5) is -0.0925. The number of hydrogen-bond donors (Lipinski definition) is 2. The van der Waals surface area contributed by atoms with Gasteiger partial charge in [0.15, 0.2) is 0 Å². The molecule has 0 saturated heterocycles. The van der Waals surface area contributed by atoms with Crippen molar-refractivity contribution in [3.05, 3.63) is 47.5 Å². The summed E-state index contributed by atoms with van der Waals surface area (Å²) in [6.07, 6.45) is 0. The minimum atomic E-state index is -3.79. The average molecular weight is 278 g/mol. The monoisotopic (exact) mass is 278 g/mol. The predicted molar refractivity (Wildman–Crippen MR) is 71.1 cm³/mol. The van der Waals surface area contributed by atoms with E-state index in [1.165, 1.54) is 18.2 Å². The fourth-order valence-electron chi connectivity index (χ4n) is 1.74. The van der Waals surface area contributed by atoms with Crippen LogP contribution in [0.15, 0.2) is 46.2 Å². The zero-order chi connectivity index (χ0) is 14.2. The molecule has 0 atom stereocenters. The van der Waals surface area contributed by atoms with Crippen molar-refractivity contribution in [3.8, 4) is 11.5 Å². The first-order valence-corrected chi connectivity index (χ1v) is 7.15. The smallest absolute Gasteiger partial charge is 0.210 e. The Bertz CT molecular complexity index is 733. The van der Waals surface area contributed by atoms with Crippen LogP contribution in [-0.4, -0.2) is 18.6 Å². The summed E-state index contributed by atoms with van der Waals surface area (Å²) in [5.41, 5.74) is 1.85. The molecule has 0 fully saturated rings. The van der Waals surface area contributed by atoms with Crippen LogP contribution in [0, 0.1) is 13.8 Å². The van der Waals surface area contributed by atoms with Gasteiger partial charge >= 0.3 is 0 Å². The second kappa shape index (κ2) is 4.59. The van der Waals surface area contributed by atoms with E-state index >= 15 is 0 Å². The van der Waals surface area contributed by atoms with Gasteiger partial charge in [0.1, 0.15) is 16.4 Å². The Morgan fingerprint density at radius 1 is 0.895 bits per heavy atom. The second-order valence-electron chi connectivity index (χ2n) is 4.40. The molecule has 5 heteroatoms. The van der Waals surface area contributed by atoms with E-state index in [4.69, 9.17) is 0 Å². The molecular weight excluding hydrogens is 264 g/mol. The van der Waals surface area contributed by atoms with E-state index in [-0.39, 0.29) is 15.5 Å². The predicted octanol–water partition coefficient (Wildman–Crippen LogP) is 2.55. The highest BCUT2D eigenvalue weighted by molar-refractivity contribution is 7.91. The van der Waals surface area contributed by atoms with Gasteiger partial charge in [-0.25, -0.2) is 8.42 Å². The number of sulfone groups is 1. The summed E-state index contributed by atoms with van der Waals surface area (Å²) in [6, 6.07) is 8.22. The number of aromatic hydroxyl groups is 2. The molecule has 0 aliphatic heterocycles. The van der Waals surface area contributed by atoms with Crippen LogP contribution in [-0.2, 0) is 9.84 Å². The van der Waals surface area contributed by atoms with E-state index in [0.29, 0.717) is 0 Å². The van der Waals surface area contributed by atoms with Gasteiger partial charge in [0.25, 0.3) is 0 Å². The maximum absolute atomic E-state index is 12.4. The summed E-state index contributed by atoms with van der Waals surface area (Å²) in [5, 5.41) is 18.9. The van der Waals surface area contributed by atoms with Gasteiger partial charge in [0, 0.05) is 6.07 Å². The first-order valence-electron chi connectivity index (χ1n) is 5.66. The number of aryl methyl sites for hydroxylation is 2. The lowest BCUT2D eigenvalue weighted by Crippen LogP contribution is -2.03. The number of phenolic OH excluding ortho intramolecular Hbond substituents is 2. The van der Waals surface area contributed by atoms with Gasteiger partial charge in [-0.05, 0) is 49.2 Å². The summed E-state index contributed by atoms with van der Waals surface area (Å²) < 4.78 is 24.8. The van der Waals surface area contributed by atoms with Crippen LogP contribution in [0.3, 0.4) is 0 Å². The highest BCUT2D eigenvalue weighted by Gasteiger charge is 2.22. The third-order valence-corrected chi connectivity index (χ3v) is 4.82. The standard InChI is InChI=1S/C14H14O4S/c1-9-3-5-12(7-10(9)2)19(17,18)14-6-4-11(15)8-13(14)16/h3-8,15-16H,1-2H3. The summed E-state index contributed by atoms with van der Waals surface area (Å²) >= 11 is 0. The van der Waals surface area contributed by atoms with Crippen molar-refractivity contribution in [2.75, 3.05) is 0 Å². The Hall–Kier alpha value is -2.01. The van der Waals surface area contributed by atoms with Crippen LogP contribution in [0.4, 0.5) is 0 Å². The van der Waals surface area contributed by atoms with Crippen molar-refractivity contribution in [1.29, 1.82) is 0 Å². The molecule has 2 aromatic carbocycles. The summed E-state index contributed by atoms with van der Waals surface area (Å²) in [5.74, 6) is -0.644. The van der Waals surface area contributed by atoms with Crippen molar-refractivity contribution in [3.63, 3.8) is 0 Å². The molecule has 2 rings (SSSR count). The Labute approximate surface area is 111 Å². The fraction of sp³-hybridized carbons (Fsp3) is 0.143. The minimum Gasteiger partial charge on any atom is -0.508 e. The second-order valence-corrected chi connectivity index (χ2v) is 6.32. The minimum absolute atomic E-state index is 0.122. The third-order valence-electron chi connectivity index (χ3n) is 3.02. The maximum Gasteiger partial charge on any atom is 0.210 e. The number of rotatable bonds is 2. The van der Waals surface area contributed by atoms with Crippen molar-refractivity contribution in [2.24, 2.45) is 0 Å². The SMILES string of the molecule is Cc1ccc(S(=O)(=O)c2ccc(O)cc2O)cc1C. The largest absolute Gasteiger partial charge is 0.508 e. The van der Waals surface area contributed by atoms with Crippen LogP contribution in [0.25, 0.3) is 0 Å². The van der Waals surface area contributed by atoms with E-state index in [9.17, 15) is 18.6 Å². The fourth-order valence-corrected chi connectivity index (χ4v) is 3.16. The van der Waals surface area contributed by atoms with Crippen molar-refractivity contribution in [1.82, 2.24) is 0 Å². The number of phenols is 2. The topological polar surface area (TPSA) is 74.6 Å². The molecule has 4 nitrogen and oxygen atoms in total. The van der Waals surface area contributed by atoms with Crippen LogP contribution < -0.4 is 0 Å². The van der Waals surface area contributed by atoms with E-state index in [1.807, 2.05) is 13.8 Å². The van der Waals surface area contributed by atoms with Crippen LogP contribution in [0.2, 0.25) is 0 Å². The molecule has 0 spiro atoms. The molecule has 0 amide bonds. The third kappa shape index (κ3) is 2.42. The van der Waals surface area contributed by atoms with Gasteiger partial charge in [-0.15, -0.1) is 0 Å². The Morgan fingerprint density at radius 3 is 2.16 bits per heavy atom. The van der Waals surface area contributed by atoms with Crippen LogP contribution >= 0.6 is 0 Å². The Morgan fingerprint density at radius 2 is 1.58 bits per heavy atom. The quantitative estimate of drug-likeness (QED) is 0.885. The van der Waals surface area contributed by atoms with Gasteiger partial charge in [-0.2, -0.15) is 0 Å². The van der Waals surface area contributed by atoms with Crippen molar-refractivity contribution < 1.29 is 18.6 Å². The normalized spacial score (nSPS) is 11.5. The van der Waals surface area contributed by atoms with E-state index in [1.54, 1.807) is 12.1 Å². The molecule has 0 heterocycles. The number of hydrogen-bond acceptors (Lipinski definition) is 4. The van der Waals surface area contributed by atoms with Gasteiger partial charge in [0.05, 0.1) is 4.90 Å². The highest BCUT2D eigenvalue weighted by Crippen LogP contribution is 2.31. The van der Waals surface area contributed by atoms with Crippen LogP contribution in [0.1, 0.15) is 11.1 Å². The zero-order valence-corrected chi connectivity index (χ0v) is 11.4. The first-order chi connectivity index (χ1) is 8.82. The number of benzene rings is 2. The van der Waals surface area contributed by atoms with Crippen LogP contribution in [0.5, 0.6) is 11.5 Å². The molecule has 0 unspecified atom stereocenters. The molecule has 0 radical (unpaired) electrons. The molecular formula is C14H14O4S. The molecule has 100 valence electrons. The highest BCUT2D eigenvalue weighted by atomic mass is 32.2. The van der Waals surface area contributed by atoms with Crippen molar-refractivity contribution in [2.45, 2.75) is 23.6 Å². The van der Waals surface area contributed by atoms with Gasteiger partial charge in [-0.1, -0.05) is 6.07 Å². The molecule has 19 heavy (non-hydrogen) atoms. The molecule has 0 aromatic heterocycles. The van der Waals surface area contributed by atoms with Crippen molar-refractivity contribution >= 4 is 9.84 Å². The van der Waals surface area contributed by atoms with E-state index in [2.05, 4.69) is 0 Å². The average Bonchev–Trinajstić information content (AvgIpc) is 2.32. The van der Waals surface area contributed by atoms with Gasteiger partial charge < -0.3 is 10.2 Å². The Balaban J connectivity index is 2.62. The zero-order valence-electron chi connectivity index (χ0n) is 10.6. The summed E-state index contributed by atoms with van der Waals surface area (Å²) in [6.45, 7) is 3.72. The molecule has 2 aromatic rings. The summed E-state index contributed by atoms with van der Waals surface area (Å²) in [7, 11) is -3.79. The molecule has 0 saturated carbocycles. The lowest BCUT2D eigenvalue weighted by molar-refractivity contribution is 0.439. The molecule has 0 bridgehead atoms. The maximum atomic E-state index is 12.4. The van der Waals surface area contributed by atoms with Gasteiger partial charge in [-0.3, -0.25) is 0 Å². The lowest BCUT2D eigenvalue weighted by atomic mass is 10.1. The first kappa shape index (κ1) is 13.4. The molecule has 2 N–H and O–H groups in total. The Kier molecular flexibility index (Phi) is 3.24.